The highest BCUT2D eigenvalue weighted by Gasteiger charge is 2.30. The van der Waals surface area contributed by atoms with Crippen molar-refractivity contribution < 1.29 is 22.3 Å². The molecule has 0 aliphatic rings. The first kappa shape index (κ1) is 26.5. The Balaban J connectivity index is 0.00000342. The van der Waals surface area contributed by atoms with Crippen molar-refractivity contribution in [3.63, 3.8) is 0 Å². The summed E-state index contributed by atoms with van der Waals surface area (Å²) in [5, 5.41) is 5.46. The maximum absolute atomic E-state index is 13.5. The van der Waals surface area contributed by atoms with Crippen LogP contribution < -0.4 is 10.1 Å². The van der Waals surface area contributed by atoms with Crippen molar-refractivity contribution in [2.75, 3.05) is 20.2 Å². The predicted molar refractivity (Wildman–Crippen MR) is 135 cm³/mol. The lowest BCUT2D eigenvalue weighted by Crippen LogP contribution is -2.20. The zero-order valence-electron chi connectivity index (χ0n) is 19.2. The molecule has 1 N–H and O–H groups in total. The summed E-state index contributed by atoms with van der Waals surface area (Å²) in [4.78, 5) is 0. The molecule has 0 aromatic heterocycles. The van der Waals surface area contributed by atoms with Crippen LogP contribution in [0.1, 0.15) is 16.7 Å². The lowest BCUT2D eigenvalue weighted by atomic mass is 9.94. The second kappa shape index (κ2) is 11.6. The van der Waals surface area contributed by atoms with Crippen LogP contribution >= 0.6 is 12.4 Å². The van der Waals surface area contributed by atoms with Crippen molar-refractivity contribution in [3.05, 3.63) is 101 Å². The zero-order valence-corrected chi connectivity index (χ0v) is 20.0. The van der Waals surface area contributed by atoms with Crippen LogP contribution in [0.5, 0.6) is 5.75 Å². The Bertz CT molecular complexity index is 1270. The van der Waals surface area contributed by atoms with Gasteiger partial charge in [0.1, 0.15) is 0 Å². The van der Waals surface area contributed by atoms with Gasteiger partial charge in [-0.3, -0.25) is 0 Å². The van der Waals surface area contributed by atoms with Gasteiger partial charge in [0.05, 0.1) is 12.7 Å². The summed E-state index contributed by atoms with van der Waals surface area (Å²) in [6.45, 7) is 1.47. The van der Waals surface area contributed by atoms with Crippen molar-refractivity contribution >= 4 is 23.2 Å². The van der Waals surface area contributed by atoms with Crippen molar-refractivity contribution in [2.45, 2.75) is 19.0 Å². The summed E-state index contributed by atoms with van der Waals surface area (Å²) >= 11 is 0. The molecule has 2 nitrogen and oxygen atoms in total. The number of rotatable bonds is 8. The number of benzene rings is 4. The molecule has 0 atom stereocenters. The predicted octanol–water partition coefficient (Wildman–Crippen LogP) is 7.47. The number of ether oxygens (including phenoxy) is 1. The number of halogens is 5. The maximum atomic E-state index is 13.5. The molecule has 4 rings (SSSR count). The lowest BCUT2D eigenvalue weighted by Gasteiger charge is -2.13. The second-order valence-electron chi connectivity index (χ2n) is 8.16. The summed E-state index contributed by atoms with van der Waals surface area (Å²) in [5.41, 5.74) is 3.11. The number of methoxy groups -OCH3 is 1. The van der Waals surface area contributed by atoms with Crippen molar-refractivity contribution in [1.82, 2.24) is 5.32 Å². The van der Waals surface area contributed by atoms with E-state index in [2.05, 4.69) is 17.4 Å². The molecule has 4 aromatic rings. The Morgan fingerprint density at radius 1 is 0.800 bits per heavy atom. The molecule has 4 aromatic carbocycles. The number of fused-ring (bicyclic) bond motifs is 1. The van der Waals surface area contributed by atoms with Crippen molar-refractivity contribution in [3.8, 4) is 16.9 Å². The smallest absolute Gasteiger partial charge is 0.416 e. The van der Waals surface area contributed by atoms with Gasteiger partial charge in [-0.2, -0.15) is 13.2 Å². The SMILES string of the molecule is COc1cc(CCNCCc2cc(-c3ccc(C(F)(F)F)cc3)c3ccccc3c2)ccc1F.Cl. The van der Waals surface area contributed by atoms with E-state index in [0.29, 0.717) is 0 Å². The van der Waals surface area contributed by atoms with Gasteiger partial charge in [0, 0.05) is 0 Å². The van der Waals surface area contributed by atoms with Gasteiger partial charge >= 0.3 is 6.18 Å². The van der Waals surface area contributed by atoms with E-state index in [1.165, 1.54) is 25.3 Å². The average molecular weight is 504 g/mol. The first-order valence-electron chi connectivity index (χ1n) is 11.1. The average Bonchev–Trinajstić information content (AvgIpc) is 2.84. The number of hydrogen-bond donors (Lipinski definition) is 1. The standard InChI is InChI=1S/C28H25F4NO.ClH/c1-34-27-18-19(6-11-26(27)29)12-14-33-15-13-20-16-22-4-2-3-5-24(22)25(17-20)21-7-9-23(10-8-21)28(30,31)32;/h2-11,16-18,33H,12-15H2,1H3;1H. The Morgan fingerprint density at radius 2 is 1.49 bits per heavy atom. The van der Waals surface area contributed by atoms with E-state index in [-0.39, 0.29) is 24.0 Å². The third kappa shape index (κ3) is 6.53. The molecule has 0 saturated heterocycles. The van der Waals surface area contributed by atoms with Crippen LogP contribution in [0.15, 0.2) is 78.9 Å². The van der Waals surface area contributed by atoms with E-state index in [1.54, 1.807) is 12.1 Å². The van der Waals surface area contributed by atoms with E-state index in [4.69, 9.17) is 4.74 Å². The van der Waals surface area contributed by atoms with Gasteiger partial charge in [0.15, 0.2) is 11.6 Å². The fourth-order valence-electron chi connectivity index (χ4n) is 4.04. The largest absolute Gasteiger partial charge is 0.494 e. The van der Waals surface area contributed by atoms with Crippen molar-refractivity contribution in [2.24, 2.45) is 0 Å². The van der Waals surface area contributed by atoms with Crippen LogP contribution in [0.2, 0.25) is 0 Å². The number of hydrogen-bond acceptors (Lipinski definition) is 2. The number of nitrogens with one attached hydrogen (secondary N) is 1. The number of alkyl halides is 3. The van der Waals surface area contributed by atoms with E-state index >= 15 is 0 Å². The Kier molecular flexibility index (Phi) is 8.76. The molecule has 35 heavy (non-hydrogen) atoms. The highest BCUT2D eigenvalue weighted by atomic mass is 35.5. The van der Waals surface area contributed by atoms with Crippen LogP contribution in [0.4, 0.5) is 17.6 Å². The van der Waals surface area contributed by atoms with Crippen molar-refractivity contribution in [1.29, 1.82) is 0 Å². The molecule has 0 fully saturated rings. The molecular weight excluding hydrogens is 478 g/mol. The molecule has 0 unspecified atom stereocenters. The summed E-state index contributed by atoms with van der Waals surface area (Å²) in [6.07, 6.45) is -2.84. The first-order chi connectivity index (χ1) is 16.3. The third-order valence-electron chi connectivity index (χ3n) is 5.84. The maximum Gasteiger partial charge on any atom is 0.416 e. The molecule has 7 heteroatoms. The topological polar surface area (TPSA) is 21.3 Å². The van der Waals surface area contributed by atoms with Crippen LogP contribution in [0.25, 0.3) is 21.9 Å². The van der Waals surface area contributed by atoms with Gasteiger partial charge in [-0.25, -0.2) is 4.39 Å². The summed E-state index contributed by atoms with van der Waals surface area (Å²) in [6, 6.07) is 22.2. The summed E-state index contributed by atoms with van der Waals surface area (Å²) < 4.78 is 57.5. The Labute approximate surface area is 208 Å². The monoisotopic (exact) mass is 503 g/mol. The molecular formula is C28H26ClF4NO. The minimum atomic E-state index is -4.35. The molecule has 0 bridgehead atoms. The van der Waals surface area contributed by atoms with Crippen LogP contribution in [-0.4, -0.2) is 20.2 Å². The molecule has 0 spiro atoms. The van der Waals surface area contributed by atoms with E-state index in [0.717, 1.165) is 71.1 Å². The molecule has 0 radical (unpaired) electrons. The van der Waals surface area contributed by atoms with Crippen LogP contribution in [0, 0.1) is 5.82 Å². The minimum Gasteiger partial charge on any atom is -0.494 e. The van der Waals surface area contributed by atoms with Gasteiger partial charge < -0.3 is 10.1 Å². The fourth-order valence-corrected chi connectivity index (χ4v) is 4.04. The second-order valence-corrected chi connectivity index (χ2v) is 8.16. The quantitative estimate of drug-likeness (QED) is 0.199. The van der Waals surface area contributed by atoms with E-state index < -0.39 is 11.7 Å². The van der Waals surface area contributed by atoms with E-state index in [9.17, 15) is 17.6 Å². The first-order valence-corrected chi connectivity index (χ1v) is 11.1. The van der Waals surface area contributed by atoms with Gasteiger partial charge in [-0.1, -0.05) is 54.6 Å². The normalized spacial score (nSPS) is 11.3. The molecule has 0 amide bonds. The molecule has 0 heterocycles. The fraction of sp³-hybridized carbons (Fsp3) is 0.214. The summed E-state index contributed by atoms with van der Waals surface area (Å²) in [7, 11) is 1.45. The molecule has 184 valence electrons. The molecule has 0 saturated carbocycles. The molecule has 0 aliphatic heterocycles. The van der Waals surface area contributed by atoms with E-state index in [1.807, 2.05) is 24.3 Å². The zero-order chi connectivity index (χ0) is 24.1. The highest BCUT2D eigenvalue weighted by Crippen LogP contribution is 2.34. The highest BCUT2D eigenvalue weighted by molar-refractivity contribution is 5.97. The van der Waals surface area contributed by atoms with Gasteiger partial charge in [-0.15, -0.1) is 12.4 Å². The summed E-state index contributed by atoms with van der Waals surface area (Å²) in [5.74, 6) is -0.135. The Morgan fingerprint density at radius 3 is 2.17 bits per heavy atom. The molecule has 0 aliphatic carbocycles. The Hall–Kier alpha value is -3.09. The lowest BCUT2D eigenvalue weighted by molar-refractivity contribution is -0.137. The van der Waals surface area contributed by atoms with Gasteiger partial charge in [-0.05, 0) is 83.2 Å². The minimum absolute atomic E-state index is 0. The van der Waals surface area contributed by atoms with Crippen LogP contribution in [-0.2, 0) is 19.0 Å². The van der Waals surface area contributed by atoms with Gasteiger partial charge in [0.2, 0.25) is 0 Å². The third-order valence-corrected chi connectivity index (χ3v) is 5.84. The van der Waals surface area contributed by atoms with Gasteiger partial charge in [0.25, 0.3) is 0 Å². The van der Waals surface area contributed by atoms with Crippen LogP contribution in [0.3, 0.4) is 0 Å².